The maximum absolute atomic E-state index is 11.6. The Bertz CT molecular complexity index is 1170. The van der Waals surface area contributed by atoms with Crippen LogP contribution in [0.2, 0.25) is 0 Å². The largest absolute Gasteiger partial charge is 0.463 e. The normalized spacial score (nSPS) is 58.9. The summed E-state index contributed by atoms with van der Waals surface area (Å²) < 4.78 is 24.4. The molecule has 2 heterocycles. The van der Waals surface area contributed by atoms with Crippen LogP contribution in [-0.4, -0.2) is 83.5 Å². The van der Waals surface area contributed by atoms with Crippen molar-refractivity contribution in [2.24, 2.45) is 62.4 Å². The number of fused-ring (bicyclic) bond motifs is 4. The number of carbonyl (C=O) groups excluding carboxylic acids is 1. The minimum absolute atomic E-state index is 0.0251. The summed E-state index contributed by atoms with van der Waals surface area (Å²) in [6.07, 6.45) is 2.71. The molecule has 9 heteroatoms. The topological polar surface area (TPSA) is 141 Å². The lowest BCUT2D eigenvalue weighted by atomic mass is 9.20. The Morgan fingerprint density at radius 1 is 0.977 bits per heavy atom. The van der Waals surface area contributed by atoms with Gasteiger partial charge in [0.1, 0.15) is 24.9 Å². The average molecular weight is 620 g/mol. The molecule has 2 aliphatic heterocycles. The third-order valence-corrected chi connectivity index (χ3v) is 16.1. The fraction of sp³-hybridized carbons (Fsp3) is 0.971. The van der Waals surface area contributed by atoms with E-state index in [2.05, 4.69) is 41.5 Å². The monoisotopic (exact) mass is 619 g/mol. The number of hydrogen-bond acceptors (Lipinski definition) is 9. The van der Waals surface area contributed by atoms with E-state index < -0.39 is 24.6 Å². The van der Waals surface area contributed by atoms with Crippen LogP contribution in [0.25, 0.3) is 0 Å². The number of hydrogen-bond donors (Lipinski definition) is 4. The zero-order valence-corrected chi connectivity index (χ0v) is 27.8. The molecular formula is C35H57NO8. The molecule has 17 unspecified atom stereocenters. The highest BCUT2D eigenvalue weighted by Crippen LogP contribution is 2.88. The first-order valence-corrected chi connectivity index (χ1v) is 17.4. The predicted molar refractivity (Wildman–Crippen MR) is 162 cm³/mol. The third kappa shape index (κ3) is 3.64. The summed E-state index contributed by atoms with van der Waals surface area (Å²) in [6.45, 7) is 16.3. The molecule has 9 nitrogen and oxygen atoms in total. The van der Waals surface area contributed by atoms with E-state index in [1.165, 1.54) is 13.3 Å². The molecule has 6 saturated carbocycles. The zero-order chi connectivity index (χ0) is 31.8. The highest BCUT2D eigenvalue weighted by atomic mass is 16.7. The van der Waals surface area contributed by atoms with Crippen molar-refractivity contribution in [2.45, 2.75) is 142 Å². The summed E-state index contributed by atoms with van der Waals surface area (Å²) in [5.74, 6) is 2.20. The van der Waals surface area contributed by atoms with Gasteiger partial charge in [0.25, 0.3) is 0 Å². The first-order valence-electron chi connectivity index (χ1n) is 17.4. The maximum atomic E-state index is 11.6. The fourth-order valence-corrected chi connectivity index (χ4v) is 14.1. The molecule has 8 aliphatic rings. The number of nitrogens with two attached hydrogens (primary N) is 1. The summed E-state index contributed by atoms with van der Waals surface area (Å²) in [6, 6.07) is -0.0676. The van der Waals surface area contributed by atoms with E-state index in [-0.39, 0.29) is 64.0 Å². The molecule has 8 rings (SSSR count). The lowest BCUT2D eigenvalue weighted by Crippen LogP contribution is -2.81. The van der Waals surface area contributed by atoms with Gasteiger partial charge in [-0.2, -0.15) is 0 Å². The van der Waals surface area contributed by atoms with E-state index in [9.17, 15) is 20.1 Å². The minimum atomic E-state index is -1.27. The Kier molecular flexibility index (Phi) is 7.29. The third-order valence-electron chi connectivity index (χ3n) is 16.1. The van der Waals surface area contributed by atoms with Gasteiger partial charge in [0.15, 0.2) is 6.29 Å². The molecule has 5 N–H and O–H groups in total. The second-order valence-electron chi connectivity index (χ2n) is 17.2. The van der Waals surface area contributed by atoms with E-state index >= 15 is 0 Å². The van der Waals surface area contributed by atoms with Gasteiger partial charge in [-0.1, -0.05) is 41.5 Å². The second-order valence-corrected chi connectivity index (χ2v) is 17.2. The van der Waals surface area contributed by atoms with Crippen molar-refractivity contribution in [3.63, 3.8) is 0 Å². The Labute approximate surface area is 262 Å². The maximum Gasteiger partial charge on any atom is 0.302 e. The van der Waals surface area contributed by atoms with Crippen LogP contribution in [0.4, 0.5) is 0 Å². The van der Waals surface area contributed by atoms with Gasteiger partial charge >= 0.3 is 5.97 Å². The zero-order valence-electron chi connectivity index (χ0n) is 27.8. The van der Waals surface area contributed by atoms with Crippen LogP contribution in [0.1, 0.15) is 93.4 Å². The standard InChI is InChI=1S/C35H57NO8/c1-17-14-20(15-41-19(3)37)43-28-25(17)32(6)12-13-34-18(2)35(11-10-22(34)33(32,7)29(28)36)23(34)8-9-24(31(35,4)5)44-30-27(40)26(39)21(38)16-42-30/h17-18,20-30,38-40H,8-16,36H2,1-7H3. The molecule has 8 fully saturated rings. The van der Waals surface area contributed by atoms with Crippen LogP contribution in [-0.2, 0) is 23.7 Å². The van der Waals surface area contributed by atoms with Crippen LogP contribution in [0, 0.1) is 56.7 Å². The molecular weight excluding hydrogens is 562 g/mol. The fourth-order valence-electron chi connectivity index (χ4n) is 14.1. The number of carbonyl (C=O) groups is 1. The molecule has 0 aromatic carbocycles. The van der Waals surface area contributed by atoms with Crippen molar-refractivity contribution in [3.05, 3.63) is 0 Å². The molecule has 0 amide bonds. The summed E-state index contributed by atoms with van der Waals surface area (Å²) in [4.78, 5) is 11.6. The Balaban J connectivity index is 1.16. The molecule has 2 spiro atoms. The van der Waals surface area contributed by atoms with Gasteiger partial charge in [-0.3, -0.25) is 4.79 Å². The van der Waals surface area contributed by atoms with E-state index in [0.717, 1.165) is 38.5 Å². The van der Waals surface area contributed by atoms with E-state index in [4.69, 9.17) is 24.7 Å². The van der Waals surface area contributed by atoms with Crippen molar-refractivity contribution >= 4 is 5.97 Å². The second kappa shape index (κ2) is 10.1. The molecule has 17 atom stereocenters. The van der Waals surface area contributed by atoms with Gasteiger partial charge in [-0.05, 0) is 102 Å². The number of aliphatic hydroxyl groups is 3. The van der Waals surface area contributed by atoms with Gasteiger partial charge in [0, 0.05) is 13.0 Å². The van der Waals surface area contributed by atoms with Crippen LogP contribution < -0.4 is 5.73 Å². The number of rotatable bonds is 4. The Hall–Kier alpha value is -0.810. The van der Waals surface area contributed by atoms with Crippen molar-refractivity contribution in [1.29, 1.82) is 0 Å². The smallest absolute Gasteiger partial charge is 0.302 e. The van der Waals surface area contributed by atoms with Gasteiger partial charge in [-0.15, -0.1) is 0 Å². The van der Waals surface area contributed by atoms with E-state index in [1.54, 1.807) is 0 Å². The van der Waals surface area contributed by atoms with Crippen LogP contribution in [0.5, 0.6) is 0 Å². The van der Waals surface area contributed by atoms with Crippen LogP contribution >= 0.6 is 0 Å². The molecule has 6 aliphatic carbocycles. The first-order chi connectivity index (χ1) is 20.6. The van der Waals surface area contributed by atoms with Crippen molar-refractivity contribution in [3.8, 4) is 0 Å². The lowest BCUT2D eigenvalue weighted by molar-refractivity contribution is -0.390. The van der Waals surface area contributed by atoms with Crippen LogP contribution in [0.15, 0.2) is 0 Å². The summed E-state index contributed by atoms with van der Waals surface area (Å²) in [5.41, 5.74) is 7.67. The number of ether oxygens (including phenoxy) is 4. The van der Waals surface area contributed by atoms with Gasteiger partial charge in [-0.25, -0.2) is 0 Å². The Morgan fingerprint density at radius 3 is 2.41 bits per heavy atom. The van der Waals surface area contributed by atoms with Crippen molar-refractivity contribution < 1.29 is 39.1 Å². The number of aliphatic hydroxyl groups excluding tert-OH is 3. The van der Waals surface area contributed by atoms with Crippen molar-refractivity contribution in [1.82, 2.24) is 0 Å². The first kappa shape index (κ1) is 31.8. The quantitative estimate of drug-likeness (QED) is 0.275. The van der Waals surface area contributed by atoms with Crippen molar-refractivity contribution in [2.75, 3.05) is 13.2 Å². The minimum Gasteiger partial charge on any atom is -0.463 e. The Morgan fingerprint density at radius 2 is 1.70 bits per heavy atom. The summed E-state index contributed by atoms with van der Waals surface area (Å²) >= 11 is 0. The SMILES string of the molecule is CC(=O)OCC1CC(C)C2C(O1)C(N)C1(C)C3CCC45C(C)C3(CCC21C)C4CCC(OC1OCC(O)C(O)C1O)C5(C)C. The molecule has 2 bridgehead atoms. The molecule has 0 radical (unpaired) electrons. The van der Waals surface area contributed by atoms with Crippen LogP contribution in [0.3, 0.4) is 0 Å². The molecule has 2 saturated heterocycles. The average Bonchev–Trinajstić information content (AvgIpc) is 3.15. The van der Waals surface area contributed by atoms with Gasteiger partial charge < -0.3 is 40.0 Å². The highest BCUT2D eigenvalue weighted by Gasteiger charge is 2.84. The van der Waals surface area contributed by atoms with E-state index in [0.29, 0.717) is 36.2 Å². The highest BCUT2D eigenvalue weighted by molar-refractivity contribution is 5.65. The van der Waals surface area contributed by atoms with Gasteiger partial charge in [0.05, 0.1) is 24.9 Å². The predicted octanol–water partition coefficient (Wildman–Crippen LogP) is 3.40. The summed E-state index contributed by atoms with van der Waals surface area (Å²) in [7, 11) is 0. The van der Waals surface area contributed by atoms with Gasteiger partial charge in [0.2, 0.25) is 0 Å². The molecule has 0 aromatic rings. The number of esters is 1. The molecule has 0 aromatic heterocycles. The summed E-state index contributed by atoms with van der Waals surface area (Å²) in [5, 5.41) is 30.9. The lowest BCUT2D eigenvalue weighted by Gasteiger charge is -2.85. The molecule has 250 valence electrons. The van der Waals surface area contributed by atoms with E-state index in [1.807, 2.05) is 0 Å². The molecule has 44 heavy (non-hydrogen) atoms.